The van der Waals surface area contributed by atoms with Gasteiger partial charge in [0.1, 0.15) is 0 Å². The van der Waals surface area contributed by atoms with Gasteiger partial charge >= 0.3 is 0 Å². The number of carbonyl (C=O) groups is 1. The van der Waals surface area contributed by atoms with Crippen LogP contribution in [-0.4, -0.2) is 33.1 Å². The zero-order valence-corrected chi connectivity index (χ0v) is 10.2. The monoisotopic (exact) mass is 234 g/mol. The first kappa shape index (κ1) is 11.7. The number of nitrogens with two attached hydrogens (primary N) is 1. The molecule has 1 aromatic rings. The number of hydrogen-bond acceptors (Lipinski definition) is 4. The van der Waals surface area contributed by atoms with Crippen molar-refractivity contribution in [2.75, 3.05) is 43.1 Å². The van der Waals surface area contributed by atoms with E-state index in [0.717, 1.165) is 35.7 Å². The fraction of sp³-hybridized carbons (Fsp3) is 0.417. The topological polar surface area (TPSA) is 70.4 Å². The number of fused-ring (bicyclic) bond motifs is 1. The molecule has 1 aromatic carbocycles. The lowest BCUT2D eigenvalue weighted by Gasteiger charge is -2.21. The molecule has 1 amide bonds. The third kappa shape index (κ3) is 2.34. The Hall–Kier alpha value is -1.75. The molecule has 92 valence electrons. The van der Waals surface area contributed by atoms with Crippen molar-refractivity contribution in [3.63, 3.8) is 0 Å². The smallest absolute Gasteiger partial charge is 0.228 e. The highest BCUT2D eigenvalue weighted by atomic mass is 16.1. The molecule has 0 bridgehead atoms. The van der Waals surface area contributed by atoms with Crippen LogP contribution in [0.2, 0.25) is 0 Å². The van der Waals surface area contributed by atoms with Crippen molar-refractivity contribution in [3.05, 3.63) is 17.7 Å². The Kier molecular flexibility index (Phi) is 3.19. The maximum Gasteiger partial charge on any atom is 0.228 e. The third-order valence-corrected chi connectivity index (χ3v) is 2.99. The molecule has 2 rings (SSSR count). The van der Waals surface area contributed by atoms with Crippen LogP contribution in [0.3, 0.4) is 0 Å². The molecule has 0 spiro atoms. The summed E-state index contributed by atoms with van der Waals surface area (Å²) >= 11 is 0. The Balaban J connectivity index is 2.24. The highest BCUT2D eigenvalue weighted by Gasteiger charge is 2.20. The van der Waals surface area contributed by atoms with Gasteiger partial charge in [-0.25, -0.2) is 0 Å². The molecule has 5 heteroatoms. The standard InChI is InChI=1S/C12H18N4O/c1-14-3-4-16(2)11-7-10-8(5-9(11)13)6-12(17)15-10/h5,7,14H,3-4,6,13H2,1-2H3,(H,15,17). The molecular weight excluding hydrogens is 216 g/mol. The maximum atomic E-state index is 11.3. The molecule has 1 aliphatic rings. The van der Waals surface area contributed by atoms with Crippen LogP contribution in [0.4, 0.5) is 17.1 Å². The molecule has 1 aliphatic heterocycles. The molecule has 0 saturated heterocycles. The van der Waals surface area contributed by atoms with Crippen LogP contribution in [0.25, 0.3) is 0 Å². The Morgan fingerprint density at radius 3 is 3.00 bits per heavy atom. The number of nitrogens with zero attached hydrogens (tertiary/aromatic N) is 1. The summed E-state index contributed by atoms with van der Waals surface area (Å²) in [6.45, 7) is 1.76. The van der Waals surface area contributed by atoms with Crippen LogP contribution in [0.1, 0.15) is 5.56 Å². The van der Waals surface area contributed by atoms with Gasteiger partial charge in [-0.15, -0.1) is 0 Å². The number of amides is 1. The predicted octanol–water partition coefficient (Wildman–Crippen LogP) is 0.419. The largest absolute Gasteiger partial charge is 0.397 e. The van der Waals surface area contributed by atoms with Gasteiger partial charge in [0.05, 0.1) is 17.8 Å². The Bertz CT molecular complexity index is 444. The van der Waals surface area contributed by atoms with Crippen molar-refractivity contribution in [2.24, 2.45) is 0 Å². The third-order valence-electron chi connectivity index (χ3n) is 2.99. The molecule has 0 atom stereocenters. The second-order valence-corrected chi connectivity index (χ2v) is 4.32. The van der Waals surface area contributed by atoms with Crippen LogP contribution < -0.4 is 21.3 Å². The van der Waals surface area contributed by atoms with E-state index in [9.17, 15) is 4.79 Å². The maximum absolute atomic E-state index is 11.3. The van der Waals surface area contributed by atoms with Gasteiger partial charge in [-0.05, 0) is 24.7 Å². The Morgan fingerprint density at radius 2 is 2.29 bits per heavy atom. The molecule has 17 heavy (non-hydrogen) atoms. The van der Waals surface area contributed by atoms with E-state index in [2.05, 4.69) is 15.5 Å². The van der Waals surface area contributed by atoms with Crippen LogP contribution in [0.15, 0.2) is 12.1 Å². The lowest BCUT2D eigenvalue weighted by molar-refractivity contribution is -0.115. The van der Waals surface area contributed by atoms with E-state index in [0.29, 0.717) is 6.42 Å². The van der Waals surface area contributed by atoms with E-state index in [4.69, 9.17) is 5.73 Å². The van der Waals surface area contributed by atoms with Gasteiger partial charge in [-0.3, -0.25) is 4.79 Å². The average Bonchev–Trinajstić information content (AvgIpc) is 2.64. The number of anilines is 3. The van der Waals surface area contributed by atoms with Crippen molar-refractivity contribution < 1.29 is 4.79 Å². The van der Waals surface area contributed by atoms with Crippen molar-refractivity contribution in [2.45, 2.75) is 6.42 Å². The minimum Gasteiger partial charge on any atom is -0.397 e. The first-order valence-electron chi connectivity index (χ1n) is 5.70. The zero-order chi connectivity index (χ0) is 12.4. The number of nitrogen functional groups attached to an aromatic ring is 1. The summed E-state index contributed by atoms with van der Waals surface area (Å²) in [6.07, 6.45) is 0.431. The summed E-state index contributed by atoms with van der Waals surface area (Å²) in [6, 6.07) is 3.84. The minimum atomic E-state index is 0.0365. The van der Waals surface area contributed by atoms with E-state index in [1.54, 1.807) is 0 Å². The molecule has 5 nitrogen and oxygen atoms in total. The lowest BCUT2D eigenvalue weighted by Crippen LogP contribution is -2.27. The van der Waals surface area contributed by atoms with Gasteiger partial charge in [0.2, 0.25) is 5.91 Å². The molecule has 0 aromatic heterocycles. The van der Waals surface area contributed by atoms with Crippen LogP contribution in [0.5, 0.6) is 0 Å². The zero-order valence-electron chi connectivity index (χ0n) is 10.2. The average molecular weight is 234 g/mol. The first-order valence-corrected chi connectivity index (χ1v) is 5.70. The normalized spacial score (nSPS) is 13.4. The lowest BCUT2D eigenvalue weighted by atomic mass is 10.1. The van der Waals surface area contributed by atoms with Gasteiger partial charge < -0.3 is 21.3 Å². The fourth-order valence-electron chi connectivity index (χ4n) is 2.01. The molecule has 4 N–H and O–H groups in total. The summed E-state index contributed by atoms with van der Waals surface area (Å²) in [7, 11) is 3.91. The van der Waals surface area contributed by atoms with Gasteiger partial charge in [-0.1, -0.05) is 0 Å². The molecule has 0 unspecified atom stereocenters. The summed E-state index contributed by atoms with van der Waals surface area (Å²) in [5, 5.41) is 5.93. The molecule has 0 fully saturated rings. The fourth-order valence-corrected chi connectivity index (χ4v) is 2.01. The molecular formula is C12H18N4O. The number of hydrogen-bond donors (Lipinski definition) is 3. The highest BCUT2D eigenvalue weighted by Crippen LogP contribution is 2.33. The SMILES string of the molecule is CNCCN(C)c1cc2c(cc1N)CC(=O)N2. The van der Waals surface area contributed by atoms with Crippen molar-refractivity contribution in [3.8, 4) is 0 Å². The predicted molar refractivity (Wildman–Crippen MR) is 70.4 cm³/mol. The van der Waals surface area contributed by atoms with Crippen LogP contribution in [0, 0.1) is 0 Å². The van der Waals surface area contributed by atoms with Gasteiger partial charge in [-0.2, -0.15) is 0 Å². The van der Waals surface area contributed by atoms with E-state index in [1.807, 2.05) is 26.2 Å². The highest BCUT2D eigenvalue weighted by molar-refractivity contribution is 6.00. The van der Waals surface area contributed by atoms with Crippen LogP contribution in [-0.2, 0) is 11.2 Å². The number of nitrogens with one attached hydrogen (secondary N) is 2. The number of likely N-dealkylation sites (N-methyl/N-ethyl adjacent to an activating group) is 2. The van der Waals surface area contributed by atoms with E-state index in [-0.39, 0.29) is 5.91 Å². The summed E-state index contributed by atoms with van der Waals surface area (Å²) in [4.78, 5) is 13.4. The van der Waals surface area contributed by atoms with Crippen molar-refractivity contribution >= 4 is 23.0 Å². The van der Waals surface area contributed by atoms with E-state index < -0.39 is 0 Å². The summed E-state index contributed by atoms with van der Waals surface area (Å²) < 4.78 is 0. The molecule has 0 saturated carbocycles. The number of rotatable bonds is 4. The molecule has 0 radical (unpaired) electrons. The summed E-state index contributed by atoms with van der Waals surface area (Å²) in [5.41, 5.74) is 9.56. The van der Waals surface area contributed by atoms with Gasteiger partial charge in [0, 0.05) is 25.8 Å². The second kappa shape index (κ2) is 4.63. The minimum absolute atomic E-state index is 0.0365. The van der Waals surface area contributed by atoms with Gasteiger partial charge in [0.15, 0.2) is 0 Å². The van der Waals surface area contributed by atoms with E-state index in [1.165, 1.54) is 0 Å². The van der Waals surface area contributed by atoms with Crippen molar-refractivity contribution in [1.29, 1.82) is 0 Å². The van der Waals surface area contributed by atoms with E-state index >= 15 is 0 Å². The summed E-state index contributed by atoms with van der Waals surface area (Å²) in [5.74, 6) is 0.0365. The molecule has 0 aliphatic carbocycles. The second-order valence-electron chi connectivity index (χ2n) is 4.32. The Labute approximate surface area is 101 Å². The van der Waals surface area contributed by atoms with Gasteiger partial charge in [0.25, 0.3) is 0 Å². The quantitative estimate of drug-likeness (QED) is 0.660. The Morgan fingerprint density at radius 1 is 1.53 bits per heavy atom. The number of benzene rings is 1. The molecule has 1 heterocycles. The van der Waals surface area contributed by atoms with Crippen molar-refractivity contribution in [1.82, 2.24) is 5.32 Å². The first-order chi connectivity index (χ1) is 8.11. The number of carbonyl (C=O) groups excluding carboxylic acids is 1. The van der Waals surface area contributed by atoms with Crippen LogP contribution >= 0.6 is 0 Å².